The summed E-state index contributed by atoms with van der Waals surface area (Å²) < 4.78 is 15.3. The van der Waals surface area contributed by atoms with Crippen LogP contribution >= 0.6 is 0 Å². The van der Waals surface area contributed by atoms with Crippen molar-refractivity contribution < 1.29 is 28.6 Å². The molecule has 0 atom stereocenters. The molecule has 0 heterocycles. The second-order valence-corrected chi connectivity index (χ2v) is 5.40. The lowest BCUT2D eigenvalue weighted by atomic mass is 10.1. The van der Waals surface area contributed by atoms with Gasteiger partial charge in [-0.1, -0.05) is 12.1 Å². The maximum absolute atomic E-state index is 12.0. The fourth-order valence-corrected chi connectivity index (χ4v) is 2.16. The maximum Gasteiger partial charge on any atom is 0.375 e. The van der Waals surface area contributed by atoms with Gasteiger partial charge in [-0.3, -0.25) is 9.59 Å². The van der Waals surface area contributed by atoms with Crippen LogP contribution in [0.4, 0.5) is 0 Å². The van der Waals surface area contributed by atoms with E-state index in [4.69, 9.17) is 9.47 Å². The van der Waals surface area contributed by atoms with E-state index >= 15 is 0 Å². The van der Waals surface area contributed by atoms with E-state index in [0.717, 1.165) is 11.3 Å². The van der Waals surface area contributed by atoms with Gasteiger partial charge in [0.25, 0.3) is 0 Å². The highest BCUT2D eigenvalue weighted by Gasteiger charge is 2.19. The van der Waals surface area contributed by atoms with Crippen molar-refractivity contribution in [3.8, 4) is 11.5 Å². The van der Waals surface area contributed by atoms with Crippen molar-refractivity contribution in [3.05, 3.63) is 59.7 Å². The first kappa shape index (κ1) is 19.2. The van der Waals surface area contributed by atoms with E-state index in [1.807, 2.05) is 24.3 Å². The molecule has 0 radical (unpaired) electrons. The molecule has 0 unspecified atom stereocenters. The maximum atomic E-state index is 12.0. The zero-order valence-corrected chi connectivity index (χ0v) is 14.7. The van der Waals surface area contributed by atoms with E-state index in [0.29, 0.717) is 17.9 Å². The number of benzene rings is 2. The Morgan fingerprint density at radius 2 is 1.50 bits per heavy atom. The van der Waals surface area contributed by atoms with Gasteiger partial charge in [-0.05, 0) is 48.9 Å². The predicted molar refractivity (Wildman–Crippen MR) is 94.4 cm³/mol. The van der Waals surface area contributed by atoms with Crippen molar-refractivity contribution in [2.75, 3.05) is 13.7 Å². The SMILES string of the molecule is CCOC(=O)C(=O)CC(=O)c1ccc(OCc2ccc(OC)cc2)cc1. The van der Waals surface area contributed by atoms with Crippen LogP contribution in [0.3, 0.4) is 0 Å². The third-order valence-corrected chi connectivity index (χ3v) is 3.57. The average Bonchev–Trinajstić information content (AvgIpc) is 2.67. The molecule has 0 aliphatic heterocycles. The number of hydrogen-bond donors (Lipinski definition) is 0. The van der Waals surface area contributed by atoms with Crippen molar-refractivity contribution in [3.63, 3.8) is 0 Å². The van der Waals surface area contributed by atoms with Crippen molar-refractivity contribution in [2.45, 2.75) is 20.0 Å². The van der Waals surface area contributed by atoms with E-state index < -0.39 is 24.0 Å². The standard InChI is InChI=1S/C20H20O6/c1-3-25-20(23)19(22)12-18(21)15-6-10-17(11-7-15)26-13-14-4-8-16(24-2)9-5-14/h4-11H,3,12-13H2,1-2H3. The van der Waals surface area contributed by atoms with Crippen LogP contribution < -0.4 is 9.47 Å². The summed E-state index contributed by atoms with van der Waals surface area (Å²) in [6, 6.07) is 13.9. The molecule has 0 aromatic heterocycles. The quantitative estimate of drug-likeness (QED) is 0.297. The molecule has 6 nitrogen and oxygen atoms in total. The predicted octanol–water partition coefficient (Wildman–Crippen LogP) is 2.98. The molecule has 0 N–H and O–H groups in total. The summed E-state index contributed by atoms with van der Waals surface area (Å²) in [5, 5.41) is 0. The number of ketones is 2. The molecule has 136 valence electrons. The first-order chi connectivity index (χ1) is 12.5. The molecule has 2 aromatic carbocycles. The first-order valence-corrected chi connectivity index (χ1v) is 8.12. The molecule has 2 aromatic rings. The molecule has 0 saturated carbocycles. The summed E-state index contributed by atoms with van der Waals surface area (Å²) in [5.41, 5.74) is 1.31. The van der Waals surface area contributed by atoms with Gasteiger partial charge >= 0.3 is 5.97 Å². The summed E-state index contributed by atoms with van der Waals surface area (Å²) in [7, 11) is 1.61. The number of hydrogen-bond acceptors (Lipinski definition) is 6. The summed E-state index contributed by atoms with van der Waals surface area (Å²) in [4.78, 5) is 34.9. The van der Waals surface area contributed by atoms with Crippen LogP contribution in [0.15, 0.2) is 48.5 Å². The number of carbonyl (C=O) groups is 3. The third-order valence-electron chi connectivity index (χ3n) is 3.57. The molecule has 2 rings (SSSR count). The van der Waals surface area contributed by atoms with Gasteiger partial charge in [-0.15, -0.1) is 0 Å². The number of rotatable bonds is 9. The van der Waals surface area contributed by atoms with Gasteiger partial charge in [-0.25, -0.2) is 4.79 Å². The molecular weight excluding hydrogens is 336 g/mol. The van der Waals surface area contributed by atoms with E-state index in [1.54, 1.807) is 38.3 Å². The Morgan fingerprint density at radius 3 is 2.08 bits per heavy atom. The molecule has 26 heavy (non-hydrogen) atoms. The second-order valence-electron chi connectivity index (χ2n) is 5.40. The smallest absolute Gasteiger partial charge is 0.375 e. The van der Waals surface area contributed by atoms with Gasteiger partial charge in [0.1, 0.15) is 18.1 Å². The highest BCUT2D eigenvalue weighted by atomic mass is 16.5. The van der Waals surface area contributed by atoms with Crippen LogP contribution in [0, 0.1) is 0 Å². The molecule has 0 aliphatic rings. The third kappa shape index (κ3) is 5.44. The highest BCUT2D eigenvalue weighted by molar-refractivity contribution is 6.38. The second kappa shape index (κ2) is 9.36. The molecule has 0 saturated heterocycles. The first-order valence-electron chi connectivity index (χ1n) is 8.12. The topological polar surface area (TPSA) is 78.9 Å². The molecule has 6 heteroatoms. The van der Waals surface area contributed by atoms with Gasteiger partial charge in [0, 0.05) is 5.56 Å². The molecular formula is C20H20O6. The van der Waals surface area contributed by atoms with E-state index in [1.165, 1.54) is 0 Å². The minimum atomic E-state index is -0.986. The Labute approximate surface area is 151 Å². The van der Waals surface area contributed by atoms with Crippen LogP contribution in [0.1, 0.15) is 29.3 Å². The molecule has 0 spiro atoms. The van der Waals surface area contributed by atoms with Crippen LogP contribution in [0.25, 0.3) is 0 Å². The molecule has 0 bridgehead atoms. The van der Waals surface area contributed by atoms with Gasteiger partial charge in [0.05, 0.1) is 20.1 Å². The number of ether oxygens (including phenoxy) is 3. The van der Waals surface area contributed by atoms with Crippen LogP contribution in [-0.2, 0) is 20.9 Å². The summed E-state index contributed by atoms with van der Waals surface area (Å²) in [6.45, 7) is 2.06. The van der Waals surface area contributed by atoms with Crippen molar-refractivity contribution in [1.82, 2.24) is 0 Å². The zero-order valence-electron chi connectivity index (χ0n) is 14.7. The fourth-order valence-electron chi connectivity index (χ4n) is 2.16. The lowest BCUT2D eigenvalue weighted by molar-refractivity contribution is -0.153. The van der Waals surface area contributed by atoms with Gasteiger partial charge in [-0.2, -0.15) is 0 Å². The highest BCUT2D eigenvalue weighted by Crippen LogP contribution is 2.17. The van der Waals surface area contributed by atoms with Crippen LogP contribution in [-0.4, -0.2) is 31.3 Å². The number of Topliss-reactive ketones (excluding diaryl/α,β-unsaturated/α-hetero) is 2. The van der Waals surface area contributed by atoms with E-state index in [9.17, 15) is 14.4 Å². The Bertz CT molecular complexity index is 762. The molecule has 0 aliphatic carbocycles. The lowest BCUT2D eigenvalue weighted by Gasteiger charge is -2.08. The minimum Gasteiger partial charge on any atom is -0.497 e. The van der Waals surface area contributed by atoms with Crippen LogP contribution in [0.5, 0.6) is 11.5 Å². The van der Waals surface area contributed by atoms with E-state index in [2.05, 4.69) is 4.74 Å². The zero-order chi connectivity index (χ0) is 18.9. The lowest BCUT2D eigenvalue weighted by Crippen LogP contribution is -2.20. The number of carbonyl (C=O) groups excluding carboxylic acids is 3. The number of esters is 1. The fraction of sp³-hybridized carbons (Fsp3) is 0.250. The summed E-state index contributed by atoms with van der Waals surface area (Å²) in [5.74, 6) is -0.912. The monoisotopic (exact) mass is 356 g/mol. The normalized spacial score (nSPS) is 10.1. The largest absolute Gasteiger partial charge is 0.497 e. The summed E-state index contributed by atoms with van der Waals surface area (Å²) >= 11 is 0. The van der Waals surface area contributed by atoms with Crippen LogP contribution in [0.2, 0.25) is 0 Å². The molecule has 0 fully saturated rings. The van der Waals surface area contributed by atoms with Gasteiger partial charge < -0.3 is 14.2 Å². The Morgan fingerprint density at radius 1 is 0.885 bits per heavy atom. The van der Waals surface area contributed by atoms with Crippen molar-refractivity contribution in [1.29, 1.82) is 0 Å². The Hall–Kier alpha value is -3.15. The Balaban J connectivity index is 1.89. The Kier molecular flexibility index (Phi) is 6.91. The summed E-state index contributed by atoms with van der Waals surface area (Å²) in [6.07, 6.45) is -0.509. The number of methoxy groups -OCH3 is 1. The van der Waals surface area contributed by atoms with Gasteiger partial charge in [0.15, 0.2) is 5.78 Å². The van der Waals surface area contributed by atoms with Crippen molar-refractivity contribution >= 4 is 17.5 Å². The van der Waals surface area contributed by atoms with Crippen molar-refractivity contribution in [2.24, 2.45) is 0 Å². The molecule has 0 amide bonds. The van der Waals surface area contributed by atoms with E-state index in [-0.39, 0.29) is 6.61 Å². The minimum absolute atomic E-state index is 0.0962. The average molecular weight is 356 g/mol. The van der Waals surface area contributed by atoms with Gasteiger partial charge in [0.2, 0.25) is 5.78 Å².